The second-order valence-electron chi connectivity index (χ2n) is 5.34. The molecule has 1 heterocycles. The molecule has 2 N–H and O–H groups in total. The largest absolute Gasteiger partial charge is 0.493 e. The molecule has 0 spiro atoms. The summed E-state index contributed by atoms with van der Waals surface area (Å²) in [6, 6.07) is 5.31. The quantitative estimate of drug-likeness (QED) is 0.875. The maximum absolute atomic E-state index is 12.3. The zero-order valence-corrected chi connectivity index (χ0v) is 12.9. The van der Waals surface area contributed by atoms with Gasteiger partial charge in [0.15, 0.2) is 11.5 Å². The lowest BCUT2D eigenvalue weighted by molar-refractivity contribution is -0.119. The zero-order chi connectivity index (χ0) is 15.2. The Labute approximate surface area is 126 Å². The van der Waals surface area contributed by atoms with E-state index in [0.717, 1.165) is 25.1 Å². The van der Waals surface area contributed by atoms with Crippen molar-refractivity contribution in [3.8, 4) is 11.5 Å². The lowest BCUT2D eigenvalue weighted by Gasteiger charge is -2.29. The van der Waals surface area contributed by atoms with Gasteiger partial charge in [-0.25, -0.2) is 0 Å². The van der Waals surface area contributed by atoms with Crippen LogP contribution in [0, 0.1) is 5.92 Å². The van der Waals surface area contributed by atoms with Crippen molar-refractivity contribution in [2.24, 2.45) is 5.92 Å². The van der Waals surface area contributed by atoms with Crippen molar-refractivity contribution < 1.29 is 14.3 Å². The van der Waals surface area contributed by atoms with E-state index >= 15 is 0 Å². The van der Waals surface area contributed by atoms with Gasteiger partial charge >= 0.3 is 0 Å². The van der Waals surface area contributed by atoms with E-state index < -0.39 is 0 Å². The first-order valence-electron chi connectivity index (χ1n) is 7.50. The van der Waals surface area contributed by atoms with Gasteiger partial charge in [0.1, 0.15) is 0 Å². The van der Waals surface area contributed by atoms with Crippen molar-refractivity contribution in [2.75, 3.05) is 25.6 Å². The minimum absolute atomic E-state index is 0.00779. The average molecular weight is 292 g/mol. The van der Waals surface area contributed by atoms with Crippen molar-refractivity contribution in [2.45, 2.75) is 32.7 Å². The van der Waals surface area contributed by atoms with Crippen molar-refractivity contribution in [1.29, 1.82) is 0 Å². The van der Waals surface area contributed by atoms with Gasteiger partial charge in [0.05, 0.1) is 19.8 Å². The number of carbonyl (C=O) groups excluding carboxylic acids is 1. The van der Waals surface area contributed by atoms with Crippen LogP contribution in [0.25, 0.3) is 0 Å². The lowest BCUT2D eigenvalue weighted by Crippen LogP contribution is -2.48. The lowest BCUT2D eigenvalue weighted by atomic mass is 9.92. The number of rotatable bonds is 5. The van der Waals surface area contributed by atoms with Gasteiger partial charge in [-0.2, -0.15) is 0 Å². The molecular weight excluding hydrogens is 268 g/mol. The summed E-state index contributed by atoms with van der Waals surface area (Å²) in [5, 5.41) is 6.23. The van der Waals surface area contributed by atoms with E-state index in [1.165, 1.54) is 0 Å². The van der Waals surface area contributed by atoms with Crippen molar-refractivity contribution in [3.63, 3.8) is 0 Å². The third-order valence-electron chi connectivity index (χ3n) is 3.78. The zero-order valence-electron chi connectivity index (χ0n) is 12.9. The first-order chi connectivity index (χ1) is 10.2. The Hall–Kier alpha value is -1.75. The van der Waals surface area contributed by atoms with E-state index in [1.807, 2.05) is 19.1 Å². The van der Waals surface area contributed by atoms with Crippen LogP contribution in [0.15, 0.2) is 18.2 Å². The molecule has 1 aromatic rings. The molecule has 1 amide bonds. The van der Waals surface area contributed by atoms with E-state index in [-0.39, 0.29) is 11.9 Å². The summed E-state index contributed by atoms with van der Waals surface area (Å²) in [6.45, 7) is 5.50. The maximum atomic E-state index is 12.3. The summed E-state index contributed by atoms with van der Waals surface area (Å²) in [5.41, 5.74) is 0.722. The third-order valence-corrected chi connectivity index (χ3v) is 3.78. The van der Waals surface area contributed by atoms with Gasteiger partial charge in [-0.05, 0) is 44.4 Å². The van der Waals surface area contributed by atoms with Crippen LogP contribution >= 0.6 is 0 Å². The molecule has 2 atom stereocenters. The van der Waals surface area contributed by atoms with Gasteiger partial charge in [0.2, 0.25) is 5.91 Å². The molecule has 1 aromatic carbocycles. The second-order valence-corrected chi connectivity index (χ2v) is 5.34. The molecule has 1 fully saturated rings. The molecule has 0 saturated carbocycles. The number of anilines is 1. The van der Waals surface area contributed by atoms with Crippen LogP contribution in [0.1, 0.15) is 26.7 Å². The topological polar surface area (TPSA) is 59.6 Å². The van der Waals surface area contributed by atoms with Crippen LogP contribution < -0.4 is 20.1 Å². The number of amides is 1. The Morgan fingerprint density at radius 3 is 2.90 bits per heavy atom. The SMILES string of the molecule is CCOc1ccc(NC(=O)C2NCCCC2C)cc1OC. The normalized spacial score (nSPS) is 21.7. The number of nitrogens with one attached hydrogen (secondary N) is 2. The third kappa shape index (κ3) is 3.88. The predicted octanol–water partition coefficient (Wildman–Crippen LogP) is 2.42. The fourth-order valence-corrected chi connectivity index (χ4v) is 2.64. The monoisotopic (exact) mass is 292 g/mol. The molecule has 0 radical (unpaired) electrons. The number of carbonyl (C=O) groups is 1. The van der Waals surface area contributed by atoms with E-state index in [0.29, 0.717) is 24.0 Å². The van der Waals surface area contributed by atoms with E-state index in [2.05, 4.69) is 17.6 Å². The summed E-state index contributed by atoms with van der Waals surface area (Å²) in [4.78, 5) is 12.3. The van der Waals surface area contributed by atoms with Gasteiger partial charge in [-0.1, -0.05) is 6.92 Å². The molecule has 5 nitrogen and oxygen atoms in total. The highest BCUT2D eigenvalue weighted by atomic mass is 16.5. The Balaban J connectivity index is 2.06. The van der Waals surface area contributed by atoms with Crippen LogP contribution in [0.2, 0.25) is 0 Å². The van der Waals surface area contributed by atoms with Gasteiger partial charge in [0.25, 0.3) is 0 Å². The molecule has 0 bridgehead atoms. The van der Waals surface area contributed by atoms with Gasteiger partial charge in [0, 0.05) is 11.8 Å². The molecule has 1 saturated heterocycles. The van der Waals surface area contributed by atoms with E-state index in [9.17, 15) is 4.79 Å². The fraction of sp³-hybridized carbons (Fsp3) is 0.562. The van der Waals surface area contributed by atoms with Crippen molar-refractivity contribution in [3.05, 3.63) is 18.2 Å². The second kappa shape index (κ2) is 7.31. The highest BCUT2D eigenvalue weighted by molar-refractivity contribution is 5.95. The number of hydrogen-bond donors (Lipinski definition) is 2. The minimum atomic E-state index is -0.128. The molecular formula is C16H24N2O3. The van der Waals surface area contributed by atoms with Crippen LogP contribution in [-0.4, -0.2) is 32.2 Å². The van der Waals surface area contributed by atoms with Crippen molar-refractivity contribution in [1.82, 2.24) is 5.32 Å². The molecule has 0 aliphatic carbocycles. The molecule has 0 aromatic heterocycles. The first-order valence-corrected chi connectivity index (χ1v) is 7.50. The fourth-order valence-electron chi connectivity index (χ4n) is 2.64. The number of hydrogen-bond acceptors (Lipinski definition) is 4. The number of benzene rings is 1. The molecule has 1 aliphatic rings. The summed E-state index contributed by atoms with van der Waals surface area (Å²) in [6.07, 6.45) is 2.21. The highest BCUT2D eigenvalue weighted by Gasteiger charge is 2.27. The van der Waals surface area contributed by atoms with Gasteiger partial charge in [-0.15, -0.1) is 0 Å². The van der Waals surface area contributed by atoms with Crippen LogP contribution in [0.4, 0.5) is 5.69 Å². The minimum Gasteiger partial charge on any atom is -0.493 e. The Morgan fingerprint density at radius 1 is 1.43 bits per heavy atom. The predicted molar refractivity (Wildman–Crippen MR) is 83.0 cm³/mol. The summed E-state index contributed by atoms with van der Waals surface area (Å²) < 4.78 is 10.8. The maximum Gasteiger partial charge on any atom is 0.241 e. The van der Waals surface area contributed by atoms with E-state index in [4.69, 9.17) is 9.47 Å². The van der Waals surface area contributed by atoms with Crippen LogP contribution in [0.5, 0.6) is 11.5 Å². The van der Waals surface area contributed by atoms with Crippen LogP contribution in [0.3, 0.4) is 0 Å². The molecule has 21 heavy (non-hydrogen) atoms. The smallest absolute Gasteiger partial charge is 0.241 e. The summed E-state index contributed by atoms with van der Waals surface area (Å²) in [7, 11) is 1.59. The Morgan fingerprint density at radius 2 is 2.24 bits per heavy atom. The Bertz CT molecular complexity index is 490. The molecule has 2 unspecified atom stereocenters. The van der Waals surface area contributed by atoms with Crippen LogP contribution in [-0.2, 0) is 4.79 Å². The average Bonchev–Trinajstić information content (AvgIpc) is 2.49. The number of methoxy groups -OCH3 is 1. The first kappa shape index (κ1) is 15.6. The highest BCUT2D eigenvalue weighted by Crippen LogP contribution is 2.30. The number of ether oxygens (including phenoxy) is 2. The number of piperidine rings is 1. The standard InChI is InChI=1S/C16H24N2O3/c1-4-21-13-8-7-12(10-14(13)20-3)18-16(19)15-11(2)6-5-9-17-15/h7-8,10-11,15,17H,4-6,9H2,1-3H3,(H,18,19). The molecule has 2 rings (SSSR count). The van der Waals surface area contributed by atoms with Gasteiger partial charge in [-0.3, -0.25) is 4.79 Å². The Kier molecular flexibility index (Phi) is 5.44. The summed E-state index contributed by atoms with van der Waals surface area (Å²) in [5.74, 6) is 1.67. The molecule has 116 valence electrons. The van der Waals surface area contributed by atoms with E-state index in [1.54, 1.807) is 13.2 Å². The summed E-state index contributed by atoms with van der Waals surface area (Å²) >= 11 is 0. The molecule has 1 aliphatic heterocycles. The van der Waals surface area contributed by atoms with Crippen molar-refractivity contribution >= 4 is 11.6 Å². The van der Waals surface area contributed by atoms with Gasteiger partial charge < -0.3 is 20.1 Å². The molecule has 5 heteroatoms.